The number of hydrogen-bond donors (Lipinski definition) is 0. The van der Waals surface area contributed by atoms with Gasteiger partial charge >= 0.3 is 0 Å². The second kappa shape index (κ2) is 10.7. The maximum absolute atomic E-state index is 14.4. The van der Waals surface area contributed by atoms with Crippen molar-refractivity contribution in [3.05, 3.63) is 53.5 Å². The summed E-state index contributed by atoms with van der Waals surface area (Å²) in [7, 11) is 0. The molecule has 1 fully saturated rings. The maximum atomic E-state index is 14.4. The highest BCUT2D eigenvalue weighted by atomic mass is 19.1. The first-order chi connectivity index (χ1) is 13.7. The fourth-order valence-electron chi connectivity index (χ4n) is 4.61. The fourth-order valence-corrected chi connectivity index (χ4v) is 4.61. The standard InChI is InChI=1S/C26H36FN/c1-3-5-6-7-8-9-21-10-13-22(14-11-21)23-15-17-26(28-19-23)24-16-12-20(4-2)18-25(24)27/h12,15-19,21-22H,3-11,13-14H2,1-2H3. The molecule has 1 aliphatic rings. The molecule has 28 heavy (non-hydrogen) atoms. The highest BCUT2D eigenvalue weighted by molar-refractivity contribution is 5.60. The summed E-state index contributed by atoms with van der Waals surface area (Å²) >= 11 is 0. The molecule has 2 aromatic rings. The maximum Gasteiger partial charge on any atom is 0.132 e. The van der Waals surface area contributed by atoms with Crippen molar-refractivity contribution < 1.29 is 4.39 Å². The van der Waals surface area contributed by atoms with Crippen molar-refractivity contribution in [1.82, 2.24) is 4.98 Å². The van der Waals surface area contributed by atoms with Gasteiger partial charge in [0.05, 0.1) is 5.69 Å². The number of pyridine rings is 1. The quantitative estimate of drug-likeness (QED) is 0.400. The van der Waals surface area contributed by atoms with Gasteiger partial charge in [0, 0.05) is 11.8 Å². The van der Waals surface area contributed by atoms with Crippen LogP contribution in [0.2, 0.25) is 0 Å². The molecule has 1 saturated carbocycles. The zero-order chi connectivity index (χ0) is 19.8. The largest absolute Gasteiger partial charge is 0.256 e. The van der Waals surface area contributed by atoms with Crippen LogP contribution in [0.4, 0.5) is 4.39 Å². The summed E-state index contributed by atoms with van der Waals surface area (Å²) in [5.41, 5.74) is 3.70. The Hall–Kier alpha value is -1.70. The number of aryl methyl sites for hydroxylation is 1. The van der Waals surface area contributed by atoms with Crippen LogP contribution in [-0.2, 0) is 6.42 Å². The first-order valence-corrected chi connectivity index (χ1v) is 11.5. The zero-order valence-corrected chi connectivity index (χ0v) is 17.7. The summed E-state index contributed by atoms with van der Waals surface area (Å²) in [6.07, 6.45) is 16.5. The first-order valence-electron chi connectivity index (χ1n) is 11.5. The van der Waals surface area contributed by atoms with E-state index >= 15 is 0 Å². The molecule has 3 rings (SSSR count). The molecule has 2 heteroatoms. The van der Waals surface area contributed by atoms with E-state index in [-0.39, 0.29) is 5.82 Å². The van der Waals surface area contributed by atoms with Crippen molar-refractivity contribution in [2.24, 2.45) is 5.92 Å². The van der Waals surface area contributed by atoms with E-state index in [0.29, 0.717) is 11.5 Å². The lowest BCUT2D eigenvalue weighted by Gasteiger charge is -2.28. The van der Waals surface area contributed by atoms with Crippen LogP contribution in [0.15, 0.2) is 36.5 Å². The Balaban J connectivity index is 1.51. The molecule has 1 aliphatic carbocycles. The molecule has 1 aromatic carbocycles. The Morgan fingerprint density at radius 3 is 2.36 bits per heavy atom. The molecule has 0 radical (unpaired) electrons. The van der Waals surface area contributed by atoms with E-state index in [9.17, 15) is 4.39 Å². The van der Waals surface area contributed by atoms with Crippen molar-refractivity contribution in [2.75, 3.05) is 0 Å². The van der Waals surface area contributed by atoms with Gasteiger partial charge in [-0.05, 0) is 73.3 Å². The molecule has 0 unspecified atom stereocenters. The average Bonchev–Trinajstić information content (AvgIpc) is 2.74. The minimum atomic E-state index is -0.168. The van der Waals surface area contributed by atoms with Crippen molar-refractivity contribution in [1.29, 1.82) is 0 Å². The van der Waals surface area contributed by atoms with E-state index in [1.807, 2.05) is 31.3 Å². The molecule has 1 aromatic heterocycles. The third-order valence-electron chi connectivity index (χ3n) is 6.54. The van der Waals surface area contributed by atoms with Gasteiger partial charge in [0.2, 0.25) is 0 Å². The van der Waals surface area contributed by atoms with E-state index < -0.39 is 0 Å². The lowest BCUT2D eigenvalue weighted by atomic mass is 9.77. The number of nitrogens with zero attached hydrogens (tertiary/aromatic N) is 1. The molecule has 1 nitrogen and oxygen atoms in total. The van der Waals surface area contributed by atoms with Crippen molar-refractivity contribution in [2.45, 2.75) is 90.4 Å². The summed E-state index contributed by atoms with van der Waals surface area (Å²) in [4.78, 5) is 4.60. The zero-order valence-electron chi connectivity index (χ0n) is 17.7. The highest BCUT2D eigenvalue weighted by Gasteiger charge is 2.22. The molecular weight excluding hydrogens is 345 g/mol. The van der Waals surface area contributed by atoms with E-state index in [1.54, 1.807) is 6.07 Å². The van der Waals surface area contributed by atoms with Gasteiger partial charge in [-0.25, -0.2) is 4.39 Å². The Morgan fingerprint density at radius 2 is 1.71 bits per heavy atom. The molecule has 0 saturated heterocycles. The second-order valence-electron chi connectivity index (χ2n) is 8.57. The van der Waals surface area contributed by atoms with Crippen LogP contribution in [0, 0.1) is 11.7 Å². The Kier molecular flexibility index (Phi) is 8.06. The Morgan fingerprint density at radius 1 is 0.929 bits per heavy atom. The average molecular weight is 382 g/mol. The van der Waals surface area contributed by atoms with Crippen LogP contribution in [0.5, 0.6) is 0 Å². The Bertz CT molecular complexity index is 714. The van der Waals surface area contributed by atoms with Gasteiger partial charge in [-0.15, -0.1) is 0 Å². The molecule has 0 aliphatic heterocycles. The SMILES string of the molecule is CCCCCCCC1CCC(c2ccc(-c3ccc(CC)cc3F)nc2)CC1. The number of aromatic nitrogens is 1. The van der Waals surface area contributed by atoms with Crippen LogP contribution in [0.25, 0.3) is 11.3 Å². The Labute approximate surface area is 170 Å². The lowest BCUT2D eigenvalue weighted by Crippen LogP contribution is -2.13. The van der Waals surface area contributed by atoms with E-state index in [2.05, 4.69) is 18.0 Å². The van der Waals surface area contributed by atoms with Gasteiger partial charge < -0.3 is 0 Å². The van der Waals surface area contributed by atoms with Crippen molar-refractivity contribution in [3.63, 3.8) is 0 Å². The molecule has 0 amide bonds. The summed E-state index contributed by atoms with van der Waals surface area (Å²) in [6, 6.07) is 9.66. The minimum Gasteiger partial charge on any atom is -0.256 e. The van der Waals surface area contributed by atoms with Crippen molar-refractivity contribution >= 4 is 0 Å². The highest BCUT2D eigenvalue weighted by Crippen LogP contribution is 2.38. The van der Waals surface area contributed by atoms with E-state index in [4.69, 9.17) is 0 Å². The predicted molar refractivity (Wildman–Crippen MR) is 117 cm³/mol. The van der Waals surface area contributed by atoms with Gasteiger partial charge in [-0.3, -0.25) is 4.98 Å². The van der Waals surface area contributed by atoms with E-state index in [0.717, 1.165) is 23.6 Å². The summed E-state index contributed by atoms with van der Waals surface area (Å²) in [6.45, 7) is 4.32. The number of hydrogen-bond acceptors (Lipinski definition) is 1. The third-order valence-corrected chi connectivity index (χ3v) is 6.54. The smallest absolute Gasteiger partial charge is 0.132 e. The molecule has 152 valence electrons. The van der Waals surface area contributed by atoms with Gasteiger partial charge in [0.25, 0.3) is 0 Å². The van der Waals surface area contributed by atoms with Crippen LogP contribution in [0.1, 0.15) is 95.1 Å². The minimum absolute atomic E-state index is 0.168. The van der Waals surface area contributed by atoms with Gasteiger partial charge in [0.15, 0.2) is 0 Å². The first kappa shape index (κ1) is 21.0. The van der Waals surface area contributed by atoms with Gasteiger partial charge in [-0.2, -0.15) is 0 Å². The molecule has 0 N–H and O–H groups in total. The summed E-state index contributed by atoms with van der Waals surface area (Å²) < 4.78 is 14.4. The predicted octanol–water partition coefficient (Wildman–Crippen LogP) is 8.08. The number of halogens is 1. The molecule has 0 bridgehead atoms. The normalized spacial score (nSPS) is 19.7. The van der Waals surface area contributed by atoms with Gasteiger partial charge in [-0.1, -0.05) is 64.5 Å². The lowest BCUT2D eigenvalue weighted by molar-refractivity contribution is 0.301. The summed E-state index contributed by atoms with van der Waals surface area (Å²) in [5.74, 6) is 1.39. The number of benzene rings is 1. The summed E-state index contributed by atoms with van der Waals surface area (Å²) in [5, 5.41) is 0. The second-order valence-corrected chi connectivity index (χ2v) is 8.57. The number of rotatable bonds is 9. The van der Waals surface area contributed by atoms with Crippen LogP contribution >= 0.6 is 0 Å². The van der Waals surface area contributed by atoms with Crippen LogP contribution in [-0.4, -0.2) is 4.98 Å². The van der Waals surface area contributed by atoms with Crippen molar-refractivity contribution in [3.8, 4) is 11.3 Å². The molecule has 1 heterocycles. The fraction of sp³-hybridized carbons (Fsp3) is 0.577. The molecular formula is C26H36FN. The van der Waals surface area contributed by atoms with Crippen LogP contribution in [0.3, 0.4) is 0 Å². The molecule has 0 spiro atoms. The van der Waals surface area contributed by atoms with Gasteiger partial charge in [0.1, 0.15) is 5.82 Å². The monoisotopic (exact) mass is 381 g/mol. The van der Waals surface area contributed by atoms with Crippen LogP contribution < -0.4 is 0 Å². The van der Waals surface area contributed by atoms with E-state index in [1.165, 1.54) is 69.8 Å². The number of unbranched alkanes of at least 4 members (excludes halogenated alkanes) is 4. The third kappa shape index (κ3) is 5.65. The topological polar surface area (TPSA) is 12.9 Å². The molecule has 0 atom stereocenters.